The van der Waals surface area contributed by atoms with Crippen LogP contribution in [0.25, 0.3) is 0 Å². The highest BCUT2D eigenvalue weighted by Gasteiger charge is 2.40. The molecule has 1 unspecified atom stereocenters. The normalized spacial score (nSPS) is 13.0. The first kappa shape index (κ1) is 23.9. The summed E-state index contributed by atoms with van der Waals surface area (Å²) in [5.41, 5.74) is -0.626. The number of pyridine rings is 1. The van der Waals surface area contributed by atoms with Crippen LogP contribution in [0.5, 0.6) is 0 Å². The molecule has 0 fully saturated rings. The Hall–Kier alpha value is -4.20. The number of hydrogen-bond donors (Lipinski definition) is 2. The molecule has 3 aromatic carbocycles. The van der Waals surface area contributed by atoms with Gasteiger partial charge < -0.3 is 10.6 Å². The van der Waals surface area contributed by atoms with E-state index in [0.29, 0.717) is 11.4 Å². The molecule has 1 heterocycles. The van der Waals surface area contributed by atoms with E-state index in [1.165, 1.54) is 42.6 Å². The van der Waals surface area contributed by atoms with E-state index in [-0.39, 0.29) is 12.0 Å². The molecule has 0 aliphatic rings. The van der Waals surface area contributed by atoms with Gasteiger partial charge in [0.1, 0.15) is 11.4 Å². The second kappa shape index (κ2) is 9.97. The van der Waals surface area contributed by atoms with Crippen molar-refractivity contribution in [1.29, 1.82) is 0 Å². The number of hydrogen-bond acceptors (Lipinski definition) is 2. The maximum Gasteiger partial charge on any atom is 0.416 e. The number of urea groups is 1. The third kappa shape index (κ3) is 5.66. The molecule has 0 aliphatic carbocycles. The van der Waals surface area contributed by atoms with Crippen molar-refractivity contribution in [2.75, 3.05) is 5.32 Å². The Balaban J connectivity index is 1.84. The number of carbonyl (C=O) groups is 1. The number of nitrogens with zero attached hydrogens (tertiary/aromatic N) is 1. The van der Waals surface area contributed by atoms with E-state index in [1.54, 1.807) is 18.2 Å². The lowest BCUT2D eigenvalue weighted by atomic mass is 9.80. The number of halogens is 4. The number of anilines is 1. The fraction of sp³-hybridized carbons (Fsp3) is 0.111. The highest BCUT2D eigenvalue weighted by Crippen LogP contribution is 2.36. The summed E-state index contributed by atoms with van der Waals surface area (Å²) in [6.45, 7) is 0. The van der Waals surface area contributed by atoms with Gasteiger partial charge in [-0.1, -0.05) is 48.5 Å². The highest BCUT2D eigenvalue weighted by atomic mass is 19.4. The first-order chi connectivity index (χ1) is 16.8. The van der Waals surface area contributed by atoms with Gasteiger partial charge in [-0.2, -0.15) is 13.2 Å². The molecule has 0 aliphatic heterocycles. The Labute approximate surface area is 199 Å². The lowest BCUT2D eigenvalue weighted by molar-refractivity contribution is -0.137. The lowest BCUT2D eigenvalue weighted by Gasteiger charge is -2.35. The van der Waals surface area contributed by atoms with E-state index in [0.717, 1.165) is 17.7 Å². The van der Waals surface area contributed by atoms with E-state index < -0.39 is 29.1 Å². The van der Waals surface area contributed by atoms with Gasteiger partial charge in [0.25, 0.3) is 0 Å². The quantitative estimate of drug-likeness (QED) is 0.308. The van der Waals surface area contributed by atoms with Crippen LogP contribution in [0.3, 0.4) is 0 Å². The van der Waals surface area contributed by atoms with Crippen LogP contribution in [-0.2, 0) is 18.1 Å². The van der Waals surface area contributed by atoms with Crippen molar-refractivity contribution < 1.29 is 22.4 Å². The summed E-state index contributed by atoms with van der Waals surface area (Å²) in [5, 5.41) is 5.51. The van der Waals surface area contributed by atoms with Gasteiger partial charge in [-0.3, -0.25) is 4.98 Å². The van der Waals surface area contributed by atoms with Crippen molar-refractivity contribution in [3.63, 3.8) is 0 Å². The summed E-state index contributed by atoms with van der Waals surface area (Å²) >= 11 is 0. The maximum absolute atomic E-state index is 13.6. The smallest absolute Gasteiger partial charge is 0.322 e. The fourth-order valence-corrected chi connectivity index (χ4v) is 3.89. The average Bonchev–Trinajstić information content (AvgIpc) is 2.86. The van der Waals surface area contributed by atoms with Gasteiger partial charge in [0.2, 0.25) is 0 Å². The van der Waals surface area contributed by atoms with Crippen LogP contribution in [0.2, 0.25) is 0 Å². The van der Waals surface area contributed by atoms with Crippen LogP contribution >= 0.6 is 0 Å². The fourth-order valence-electron chi connectivity index (χ4n) is 3.89. The zero-order chi connectivity index (χ0) is 24.9. The molecule has 2 N–H and O–H groups in total. The number of alkyl halides is 3. The molecule has 4 nitrogen and oxygen atoms in total. The van der Waals surface area contributed by atoms with Crippen LogP contribution in [0.15, 0.2) is 103 Å². The molecule has 4 rings (SSSR count). The minimum absolute atomic E-state index is 0.128. The minimum Gasteiger partial charge on any atom is -0.322 e. The predicted molar refractivity (Wildman–Crippen MR) is 125 cm³/mol. The Kier molecular flexibility index (Phi) is 6.82. The zero-order valence-electron chi connectivity index (χ0n) is 18.4. The zero-order valence-corrected chi connectivity index (χ0v) is 18.4. The molecule has 178 valence electrons. The lowest BCUT2D eigenvalue weighted by Crippen LogP contribution is -2.50. The standard InChI is InChI=1S/C27H21F4N3O/c28-22-12-14-23(15-13-22)33-25(35)34-26(24-11-4-5-16-32-24,18-19-7-2-1-3-8-19)20-9-6-10-21(17-20)27(29,30)31/h1-17H,18H2,(H2,33,34,35). The van der Waals surface area contributed by atoms with Gasteiger partial charge in [0.05, 0.1) is 11.3 Å². The number of benzene rings is 3. The van der Waals surface area contributed by atoms with Gasteiger partial charge in [0, 0.05) is 18.3 Å². The second-order valence-electron chi connectivity index (χ2n) is 7.95. The van der Waals surface area contributed by atoms with Gasteiger partial charge in [-0.15, -0.1) is 0 Å². The van der Waals surface area contributed by atoms with Crippen LogP contribution in [0, 0.1) is 5.82 Å². The molecule has 0 radical (unpaired) electrons. The van der Waals surface area contributed by atoms with E-state index >= 15 is 0 Å². The number of rotatable bonds is 6. The molecular weight excluding hydrogens is 458 g/mol. The number of carbonyl (C=O) groups excluding carboxylic acids is 1. The first-order valence-corrected chi connectivity index (χ1v) is 10.7. The highest BCUT2D eigenvalue weighted by molar-refractivity contribution is 5.90. The third-order valence-corrected chi connectivity index (χ3v) is 5.53. The SMILES string of the molecule is O=C(Nc1ccc(F)cc1)NC(Cc1ccccc1)(c1cccc(C(F)(F)F)c1)c1ccccn1. The number of amides is 2. The van der Waals surface area contributed by atoms with Gasteiger partial charge in [0.15, 0.2) is 0 Å². The molecule has 0 saturated heterocycles. The van der Waals surface area contributed by atoms with Gasteiger partial charge >= 0.3 is 12.2 Å². The predicted octanol–water partition coefficient (Wildman–Crippen LogP) is 6.55. The van der Waals surface area contributed by atoms with E-state index in [1.807, 2.05) is 30.3 Å². The number of nitrogens with one attached hydrogen (secondary N) is 2. The maximum atomic E-state index is 13.6. The van der Waals surface area contributed by atoms with Crippen LogP contribution in [-0.4, -0.2) is 11.0 Å². The topological polar surface area (TPSA) is 54.0 Å². The molecule has 1 atom stereocenters. The summed E-state index contributed by atoms with van der Waals surface area (Å²) in [6.07, 6.45) is -2.93. The van der Waals surface area contributed by atoms with Crippen molar-refractivity contribution in [3.8, 4) is 0 Å². The Bertz CT molecular complexity index is 1280. The van der Waals surface area contributed by atoms with Crippen molar-refractivity contribution in [3.05, 3.63) is 131 Å². The van der Waals surface area contributed by atoms with Crippen LogP contribution < -0.4 is 10.6 Å². The first-order valence-electron chi connectivity index (χ1n) is 10.7. The molecule has 4 aromatic rings. The van der Waals surface area contributed by atoms with Crippen molar-refractivity contribution in [2.24, 2.45) is 0 Å². The van der Waals surface area contributed by atoms with E-state index in [2.05, 4.69) is 15.6 Å². The molecule has 2 amide bonds. The number of aromatic nitrogens is 1. The summed E-state index contributed by atoms with van der Waals surface area (Å²) in [7, 11) is 0. The largest absolute Gasteiger partial charge is 0.416 e. The van der Waals surface area contributed by atoms with Crippen molar-refractivity contribution >= 4 is 11.7 Å². The van der Waals surface area contributed by atoms with E-state index in [4.69, 9.17) is 0 Å². The van der Waals surface area contributed by atoms with Crippen LogP contribution in [0.1, 0.15) is 22.4 Å². The monoisotopic (exact) mass is 479 g/mol. The summed E-state index contributed by atoms with van der Waals surface area (Å²) in [4.78, 5) is 17.6. The van der Waals surface area contributed by atoms with Gasteiger partial charge in [-0.05, 0) is 59.7 Å². The summed E-state index contributed by atoms with van der Waals surface area (Å²) in [6, 6.07) is 23.4. The van der Waals surface area contributed by atoms with Crippen molar-refractivity contribution in [2.45, 2.75) is 18.1 Å². The average molecular weight is 479 g/mol. The molecular formula is C27H21F4N3O. The minimum atomic E-state index is -4.57. The molecule has 0 bridgehead atoms. The summed E-state index contributed by atoms with van der Waals surface area (Å²) < 4.78 is 54.2. The second-order valence-corrected chi connectivity index (χ2v) is 7.95. The molecule has 35 heavy (non-hydrogen) atoms. The molecule has 8 heteroatoms. The molecule has 1 aromatic heterocycles. The van der Waals surface area contributed by atoms with Gasteiger partial charge in [-0.25, -0.2) is 9.18 Å². The van der Waals surface area contributed by atoms with Crippen LogP contribution in [0.4, 0.5) is 28.0 Å². The molecule has 0 spiro atoms. The van der Waals surface area contributed by atoms with E-state index in [9.17, 15) is 22.4 Å². The Morgan fingerprint density at radius 3 is 2.14 bits per heavy atom. The Morgan fingerprint density at radius 1 is 0.800 bits per heavy atom. The third-order valence-electron chi connectivity index (χ3n) is 5.53. The molecule has 0 saturated carbocycles. The van der Waals surface area contributed by atoms with Crippen molar-refractivity contribution in [1.82, 2.24) is 10.3 Å². The summed E-state index contributed by atoms with van der Waals surface area (Å²) in [5.74, 6) is -0.466. The Morgan fingerprint density at radius 2 is 1.49 bits per heavy atom.